The van der Waals surface area contributed by atoms with Gasteiger partial charge in [0.1, 0.15) is 0 Å². The van der Waals surface area contributed by atoms with E-state index in [1.165, 1.54) is 0 Å². The van der Waals surface area contributed by atoms with Gasteiger partial charge in [-0.3, -0.25) is 0 Å². The van der Waals surface area contributed by atoms with E-state index in [4.69, 9.17) is 0 Å². The van der Waals surface area contributed by atoms with Gasteiger partial charge in [-0.2, -0.15) is 26.3 Å². The normalized spacial score (nSPS) is 13.8. The van der Waals surface area contributed by atoms with Crippen LogP contribution in [0.2, 0.25) is 0 Å². The third kappa shape index (κ3) is 6.11. The predicted octanol–water partition coefficient (Wildman–Crippen LogP) is 8.54. The molecule has 1 unspecified atom stereocenters. The quantitative estimate of drug-likeness (QED) is 0.402. The van der Waals surface area contributed by atoms with E-state index in [0.717, 1.165) is 23.6 Å². The molecule has 0 spiro atoms. The van der Waals surface area contributed by atoms with Gasteiger partial charge >= 0.3 is 12.4 Å². The molecule has 2 aromatic carbocycles. The van der Waals surface area contributed by atoms with Crippen molar-refractivity contribution in [1.82, 2.24) is 0 Å². The minimum absolute atomic E-state index is 0.0599. The van der Waals surface area contributed by atoms with Crippen LogP contribution in [0.5, 0.6) is 0 Å². The van der Waals surface area contributed by atoms with Crippen LogP contribution in [0.25, 0.3) is 0 Å². The van der Waals surface area contributed by atoms with Gasteiger partial charge in [0, 0.05) is 0 Å². The lowest BCUT2D eigenvalue weighted by molar-refractivity contribution is -0.143. The first kappa shape index (κ1) is 27.2. The molecule has 184 valence electrons. The van der Waals surface area contributed by atoms with Gasteiger partial charge in [0.2, 0.25) is 0 Å². The predicted molar refractivity (Wildman–Crippen MR) is 120 cm³/mol. The highest BCUT2D eigenvalue weighted by atomic mass is 32.2. The minimum atomic E-state index is -4.99. The summed E-state index contributed by atoms with van der Waals surface area (Å²) in [6.07, 6.45) is -9.98. The summed E-state index contributed by atoms with van der Waals surface area (Å²) >= 11 is 0. The molecule has 9 heteroatoms. The number of benzene rings is 2. The average molecular weight is 494 g/mol. The second kappa shape index (κ2) is 9.68. The van der Waals surface area contributed by atoms with E-state index in [0.29, 0.717) is 11.0 Å². The maximum absolute atomic E-state index is 13.5. The van der Waals surface area contributed by atoms with Crippen LogP contribution in [-0.2, 0) is 23.3 Å². The number of rotatable bonds is 6. The Hall–Kier alpha value is -2.03. The van der Waals surface area contributed by atoms with Crippen LogP contribution in [0.1, 0.15) is 92.7 Å². The highest BCUT2D eigenvalue weighted by molar-refractivity contribution is 7.86. The maximum atomic E-state index is 13.5. The number of alkyl halides is 6. The fourth-order valence-electron chi connectivity index (χ4n) is 3.53. The number of nitrogens with one attached hydrogen (secondary N) is 1. The Morgan fingerprint density at radius 1 is 0.758 bits per heavy atom. The minimum Gasteiger partial charge on any atom is -0.301 e. The van der Waals surface area contributed by atoms with Crippen molar-refractivity contribution in [2.45, 2.75) is 83.5 Å². The smallest absolute Gasteiger partial charge is 0.301 e. The summed E-state index contributed by atoms with van der Waals surface area (Å²) in [5.74, 6) is 0.0704. The molecule has 1 atom stereocenters. The van der Waals surface area contributed by atoms with Crippen molar-refractivity contribution < 1.29 is 30.6 Å². The standard InChI is InChI=1S/C24H29F6NOS/c1-12(2)16-8-18(13(3)4)22(19(9-16)14(5)6)33(32)31-21-11-17(23(25,26)27)10-20(15(21)7)24(28,29)30/h8-14,31H,1-7H3. The number of halogens is 6. The molecule has 2 nitrogen and oxygen atoms in total. The summed E-state index contributed by atoms with van der Waals surface area (Å²) in [6, 6.07) is 4.49. The van der Waals surface area contributed by atoms with E-state index in [-0.39, 0.29) is 23.8 Å². The lowest BCUT2D eigenvalue weighted by Crippen LogP contribution is -2.17. The Bertz CT molecular complexity index is 1010. The number of anilines is 1. The summed E-state index contributed by atoms with van der Waals surface area (Å²) in [6.45, 7) is 12.7. The van der Waals surface area contributed by atoms with Gasteiger partial charge < -0.3 is 4.72 Å². The molecule has 0 heterocycles. The summed E-state index contributed by atoms with van der Waals surface area (Å²) in [5.41, 5.74) is -1.26. The molecule has 0 aliphatic carbocycles. The SMILES string of the molecule is Cc1c(NS(=O)c2c(C(C)C)cc(C(C)C)cc2C(C)C)cc(C(F)(F)F)cc1C(F)(F)F. The van der Waals surface area contributed by atoms with Crippen molar-refractivity contribution in [3.8, 4) is 0 Å². The highest BCUT2D eigenvalue weighted by Gasteiger charge is 2.39. The molecule has 0 aliphatic rings. The van der Waals surface area contributed by atoms with Gasteiger partial charge in [-0.15, -0.1) is 0 Å². The molecule has 0 bridgehead atoms. The molecular weight excluding hydrogens is 464 g/mol. The van der Waals surface area contributed by atoms with Gasteiger partial charge in [0.25, 0.3) is 0 Å². The van der Waals surface area contributed by atoms with Crippen molar-refractivity contribution in [3.63, 3.8) is 0 Å². The van der Waals surface area contributed by atoms with Crippen LogP contribution in [0.15, 0.2) is 29.2 Å². The topological polar surface area (TPSA) is 29.1 Å². The molecule has 2 aromatic rings. The van der Waals surface area contributed by atoms with E-state index in [1.807, 2.05) is 53.7 Å². The zero-order chi connectivity index (χ0) is 25.5. The van der Waals surface area contributed by atoms with E-state index in [2.05, 4.69) is 4.72 Å². The fourth-order valence-corrected chi connectivity index (χ4v) is 5.06. The zero-order valence-electron chi connectivity index (χ0n) is 19.6. The largest absolute Gasteiger partial charge is 0.416 e. The Morgan fingerprint density at radius 2 is 1.24 bits per heavy atom. The molecule has 0 fully saturated rings. The zero-order valence-corrected chi connectivity index (χ0v) is 20.4. The fraction of sp³-hybridized carbons (Fsp3) is 0.500. The van der Waals surface area contributed by atoms with Crippen LogP contribution >= 0.6 is 0 Å². The second-order valence-electron chi connectivity index (χ2n) is 9.06. The summed E-state index contributed by atoms with van der Waals surface area (Å²) in [4.78, 5) is 0.398. The van der Waals surface area contributed by atoms with Crippen LogP contribution in [0, 0.1) is 6.92 Å². The Balaban J connectivity index is 2.72. The van der Waals surface area contributed by atoms with Crippen molar-refractivity contribution in [3.05, 3.63) is 57.6 Å². The molecule has 0 aliphatic heterocycles. The van der Waals surface area contributed by atoms with Crippen molar-refractivity contribution in [1.29, 1.82) is 0 Å². The molecule has 0 saturated heterocycles. The maximum Gasteiger partial charge on any atom is 0.416 e. The first-order valence-corrected chi connectivity index (χ1v) is 11.7. The second-order valence-corrected chi connectivity index (χ2v) is 10.2. The number of hydrogen-bond donors (Lipinski definition) is 1. The van der Waals surface area contributed by atoms with Gasteiger partial charge in [0.05, 0.1) is 21.7 Å². The third-order valence-corrected chi connectivity index (χ3v) is 6.76. The summed E-state index contributed by atoms with van der Waals surface area (Å²) in [7, 11) is -2.09. The molecule has 0 saturated carbocycles. The number of hydrogen-bond acceptors (Lipinski definition) is 1. The van der Waals surface area contributed by atoms with E-state index in [9.17, 15) is 30.6 Å². The van der Waals surface area contributed by atoms with Gasteiger partial charge in [0.15, 0.2) is 11.0 Å². The van der Waals surface area contributed by atoms with E-state index < -0.39 is 45.7 Å². The van der Waals surface area contributed by atoms with E-state index in [1.54, 1.807) is 0 Å². The average Bonchev–Trinajstić information content (AvgIpc) is 2.66. The molecule has 0 amide bonds. The first-order valence-electron chi connectivity index (χ1n) is 10.6. The van der Waals surface area contributed by atoms with Crippen LogP contribution in [0.3, 0.4) is 0 Å². The lowest BCUT2D eigenvalue weighted by Gasteiger charge is -2.24. The lowest BCUT2D eigenvalue weighted by atomic mass is 9.89. The summed E-state index contributed by atoms with van der Waals surface area (Å²) < 4.78 is 96.2. The van der Waals surface area contributed by atoms with Crippen LogP contribution < -0.4 is 4.72 Å². The van der Waals surface area contributed by atoms with Gasteiger partial charge in [-0.05, 0) is 59.1 Å². The molecule has 2 rings (SSSR count). The first-order chi connectivity index (χ1) is 14.9. The van der Waals surface area contributed by atoms with Crippen molar-refractivity contribution >= 4 is 16.7 Å². The Labute approximate surface area is 193 Å². The van der Waals surface area contributed by atoms with Crippen molar-refractivity contribution in [2.24, 2.45) is 0 Å². The molecule has 1 N–H and O–H groups in total. The van der Waals surface area contributed by atoms with Crippen molar-refractivity contribution in [2.75, 3.05) is 4.72 Å². The molecule has 0 aromatic heterocycles. The molecule has 0 radical (unpaired) electrons. The molecular formula is C24H29F6NOS. The van der Waals surface area contributed by atoms with Gasteiger partial charge in [-0.1, -0.05) is 53.7 Å². The van der Waals surface area contributed by atoms with E-state index >= 15 is 0 Å². The van der Waals surface area contributed by atoms with Gasteiger partial charge in [-0.25, -0.2) is 4.21 Å². The van der Waals surface area contributed by atoms with Crippen LogP contribution in [-0.4, -0.2) is 4.21 Å². The third-order valence-electron chi connectivity index (χ3n) is 5.51. The Morgan fingerprint density at radius 3 is 1.61 bits per heavy atom. The van der Waals surface area contributed by atoms with Crippen LogP contribution in [0.4, 0.5) is 32.0 Å². The highest BCUT2D eigenvalue weighted by Crippen LogP contribution is 2.41. The summed E-state index contributed by atoms with van der Waals surface area (Å²) in [5, 5.41) is 0. The Kier molecular flexibility index (Phi) is 7.98. The molecule has 33 heavy (non-hydrogen) atoms. The monoisotopic (exact) mass is 493 g/mol.